The fraction of sp³-hybridized carbons (Fsp3) is 0.600. The normalized spacial score (nSPS) is 25.1. The van der Waals surface area contributed by atoms with Crippen molar-refractivity contribution >= 4 is 34.0 Å². The SMILES string of the molecule is CC1CN(c2nc(Cl)c(C(=O)O)s2)CC1C. The third-order valence-electron chi connectivity index (χ3n) is 3.03. The van der Waals surface area contributed by atoms with Crippen molar-refractivity contribution in [3.8, 4) is 0 Å². The number of anilines is 1. The number of carboxylic acids is 1. The van der Waals surface area contributed by atoms with Gasteiger partial charge in [0.15, 0.2) is 15.2 Å². The number of rotatable bonds is 2. The molecular weight excluding hydrogens is 248 g/mol. The molecule has 0 bridgehead atoms. The van der Waals surface area contributed by atoms with Gasteiger partial charge in [0.25, 0.3) is 0 Å². The Kier molecular flexibility index (Phi) is 3.08. The van der Waals surface area contributed by atoms with Gasteiger partial charge in [-0.15, -0.1) is 0 Å². The van der Waals surface area contributed by atoms with Crippen LogP contribution in [0, 0.1) is 11.8 Å². The lowest BCUT2D eigenvalue weighted by molar-refractivity contribution is 0.0702. The molecule has 0 saturated carbocycles. The maximum atomic E-state index is 10.8. The predicted molar refractivity (Wildman–Crippen MR) is 64.6 cm³/mol. The van der Waals surface area contributed by atoms with Crippen LogP contribution >= 0.6 is 22.9 Å². The van der Waals surface area contributed by atoms with Crippen LogP contribution in [-0.4, -0.2) is 29.1 Å². The van der Waals surface area contributed by atoms with E-state index in [-0.39, 0.29) is 10.0 Å². The molecule has 1 aliphatic heterocycles. The first-order chi connectivity index (χ1) is 7.49. The summed E-state index contributed by atoms with van der Waals surface area (Å²) in [4.78, 5) is 17.2. The van der Waals surface area contributed by atoms with E-state index in [0.29, 0.717) is 11.8 Å². The Balaban J connectivity index is 2.22. The van der Waals surface area contributed by atoms with Gasteiger partial charge in [-0.05, 0) is 11.8 Å². The number of carbonyl (C=O) groups is 1. The molecule has 0 spiro atoms. The second-order valence-corrected chi connectivity index (χ2v) is 5.62. The molecule has 4 nitrogen and oxygen atoms in total. The average molecular weight is 261 g/mol. The van der Waals surface area contributed by atoms with Crippen LogP contribution in [0.2, 0.25) is 5.15 Å². The Morgan fingerprint density at radius 2 is 2.06 bits per heavy atom. The monoisotopic (exact) mass is 260 g/mol. The van der Waals surface area contributed by atoms with Crippen LogP contribution in [0.3, 0.4) is 0 Å². The zero-order valence-corrected chi connectivity index (χ0v) is 10.7. The molecule has 2 atom stereocenters. The molecule has 1 N–H and O–H groups in total. The van der Waals surface area contributed by atoms with Gasteiger partial charge in [0.05, 0.1) is 0 Å². The molecule has 0 amide bonds. The van der Waals surface area contributed by atoms with Crippen LogP contribution in [0.5, 0.6) is 0 Å². The van der Waals surface area contributed by atoms with E-state index in [2.05, 4.69) is 23.7 Å². The van der Waals surface area contributed by atoms with Crippen LogP contribution in [0.1, 0.15) is 23.5 Å². The molecule has 0 aromatic carbocycles. The lowest BCUT2D eigenvalue weighted by Gasteiger charge is -2.13. The topological polar surface area (TPSA) is 53.4 Å². The van der Waals surface area contributed by atoms with E-state index >= 15 is 0 Å². The molecule has 1 aromatic rings. The van der Waals surface area contributed by atoms with Crippen LogP contribution in [0.25, 0.3) is 0 Å². The van der Waals surface area contributed by atoms with Crippen molar-refractivity contribution < 1.29 is 9.90 Å². The Labute approximate surface area is 103 Å². The van der Waals surface area contributed by atoms with Crippen LogP contribution in [0.4, 0.5) is 5.13 Å². The molecule has 6 heteroatoms. The fourth-order valence-electron chi connectivity index (χ4n) is 1.84. The van der Waals surface area contributed by atoms with Crippen molar-refractivity contribution in [2.45, 2.75) is 13.8 Å². The Morgan fingerprint density at radius 1 is 1.50 bits per heavy atom. The number of hydrogen-bond acceptors (Lipinski definition) is 4. The summed E-state index contributed by atoms with van der Waals surface area (Å²) in [7, 11) is 0. The van der Waals surface area contributed by atoms with Crippen molar-refractivity contribution in [3.63, 3.8) is 0 Å². The number of nitrogens with zero attached hydrogens (tertiary/aromatic N) is 2. The van der Waals surface area contributed by atoms with E-state index in [0.717, 1.165) is 29.6 Å². The van der Waals surface area contributed by atoms with Crippen molar-refractivity contribution in [1.82, 2.24) is 4.98 Å². The summed E-state index contributed by atoms with van der Waals surface area (Å²) >= 11 is 6.94. The van der Waals surface area contributed by atoms with E-state index < -0.39 is 5.97 Å². The van der Waals surface area contributed by atoms with Crippen LogP contribution in [-0.2, 0) is 0 Å². The van der Waals surface area contributed by atoms with E-state index in [9.17, 15) is 4.79 Å². The van der Waals surface area contributed by atoms with Gasteiger partial charge in [-0.2, -0.15) is 0 Å². The molecule has 0 radical (unpaired) electrons. The van der Waals surface area contributed by atoms with E-state index in [1.165, 1.54) is 0 Å². The molecule has 1 fully saturated rings. The molecule has 0 aliphatic carbocycles. The second-order valence-electron chi connectivity index (χ2n) is 4.28. The third kappa shape index (κ3) is 2.01. The Morgan fingerprint density at radius 3 is 2.50 bits per heavy atom. The van der Waals surface area contributed by atoms with E-state index in [1.54, 1.807) is 0 Å². The van der Waals surface area contributed by atoms with Crippen molar-refractivity contribution in [2.75, 3.05) is 18.0 Å². The van der Waals surface area contributed by atoms with Gasteiger partial charge < -0.3 is 10.0 Å². The third-order valence-corrected chi connectivity index (χ3v) is 4.52. The lowest BCUT2D eigenvalue weighted by atomic mass is 10.0. The highest BCUT2D eigenvalue weighted by atomic mass is 35.5. The molecule has 1 aliphatic rings. The summed E-state index contributed by atoms with van der Waals surface area (Å²) < 4.78 is 0. The number of thiazole rings is 1. The molecule has 88 valence electrons. The Hall–Kier alpha value is -0.810. The molecule has 1 aromatic heterocycles. The minimum atomic E-state index is -1.01. The zero-order chi connectivity index (χ0) is 11.9. The van der Waals surface area contributed by atoms with Gasteiger partial charge in [-0.3, -0.25) is 0 Å². The van der Waals surface area contributed by atoms with Gasteiger partial charge in [-0.1, -0.05) is 36.8 Å². The van der Waals surface area contributed by atoms with Crippen LogP contribution < -0.4 is 4.90 Å². The minimum Gasteiger partial charge on any atom is -0.477 e. The first-order valence-electron chi connectivity index (χ1n) is 5.13. The quantitative estimate of drug-likeness (QED) is 0.888. The Bertz CT molecular complexity index is 411. The zero-order valence-electron chi connectivity index (χ0n) is 9.11. The van der Waals surface area contributed by atoms with Gasteiger partial charge in [0, 0.05) is 13.1 Å². The van der Waals surface area contributed by atoms with Gasteiger partial charge in [0.1, 0.15) is 0 Å². The van der Waals surface area contributed by atoms with Gasteiger partial charge in [-0.25, -0.2) is 9.78 Å². The maximum Gasteiger partial charge on any atom is 0.349 e. The first-order valence-corrected chi connectivity index (χ1v) is 6.33. The summed E-state index contributed by atoms with van der Waals surface area (Å²) in [6.45, 7) is 6.23. The fourth-order valence-corrected chi connectivity index (χ4v) is 2.99. The van der Waals surface area contributed by atoms with Gasteiger partial charge >= 0.3 is 5.97 Å². The number of aromatic carboxylic acids is 1. The minimum absolute atomic E-state index is 0.0970. The highest BCUT2D eigenvalue weighted by molar-refractivity contribution is 7.18. The highest BCUT2D eigenvalue weighted by Crippen LogP contribution is 2.34. The van der Waals surface area contributed by atoms with Crippen molar-refractivity contribution in [3.05, 3.63) is 10.0 Å². The summed E-state index contributed by atoms with van der Waals surface area (Å²) in [6.07, 6.45) is 0. The van der Waals surface area contributed by atoms with Crippen molar-refractivity contribution in [2.24, 2.45) is 11.8 Å². The van der Waals surface area contributed by atoms with Crippen LogP contribution in [0.15, 0.2) is 0 Å². The summed E-state index contributed by atoms with van der Waals surface area (Å²) in [5, 5.41) is 9.71. The smallest absolute Gasteiger partial charge is 0.349 e. The van der Waals surface area contributed by atoms with Gasteiger partial charge in [0.2, 0.25) is 0 Å². The molecule has 2 heterocycles. The molecule has 16 heavy (non-hydrogen) atoms. The highest BCUT2D eigenvalue weighted by Gasteiger charge is 2.29. The standard InChI is InChI=1S/C10H13ClN2O2S/c1-5-3-13(4-6(5)2)10-12-8(11)7(16-10)9(14)15/h5-6H,3-4H2,1-2H3,(H,14,15). The number of carboxylic acid groups (broad SMARTS) is 1. The molecule has 2 rings (SSSR count). The largest absolute Gasteiger partial charge is 0.477 e. The predicted octanol–water partition coefficient (Wildman–Crippen LogP) is 2.59. The first kappa shape index (κ1) is 11.7. The number of aromatic nitrogens is 1. The number of halogens is 1. The second kappa shape index (κ2) is 4.22. The number of hydrogen-bond donors (Lipinski definition) is 1. The molecule has 2 unspecified atom stereocenters. The van der Waals surface area contributed by atoms with E-state index in [4.69, 9.17) is 16.7 Å². The van der Waals surface area contributed by atoms with Crippen molar-refractivity contribution in [1.29, 1.82) is 0 Å². The summed E-state index contributed by atoms with van der Waals surface area (Å²) in [5.41, 5.74) is 0. The van der Waals surface area contributed by atoms with E-state index in [1.807, 2.05) is 0 Å². The molecule has 1 saturated heterocycles. The summed E-state index contributed by atoms with van der Waals surface area (Å²) in [5.74, 6) is 0.209. The molecular formula is C10H13ClN2O2S. The average Bonchev–Trinajstić information content (AvgIpc) is 2.71. The summed E-state index contributed by atoms with van der Waals surface area (Å²) in [6, 6.07) is 0. The lowest BCUT2D eigenvalue weighted by Crippen LogP contribution is -2.19. The maximum absolute atomic E-state index is 10.8.